The van der Waals surface area contributed by atoms with E-state index in [0.717, 1.165) is 55.7 Å². The third-order valence-electron chi connectivity index (χ3n) is 11.7. The zero-order chi connectivity index (χ0) is 48.6. The van der Waals surface area contributed by atoms with Crippen LogP contribution in [0.3, 0.4) is 0 Å². The molecule has 2 aromatic heterocycles. The SMILES string of the molecule is [2H]C([2H])([2H])c1cnc(-c2cc(-c3cccc4c3nc(-c3cc(C(C)(C)C)cc(C(C)(C)C)c3O)n4-c3ccc(C)cc3-c3ccccc3)cc(C(C)(C)C)c2)c(C([2H])([2H])[2H])c1-c1ccccc1. The Morgan fingerprint density at radius 1 is 0.574 bits per heavy atom. The fourth-order valence-corrected chi connectivity index (χ4v) is 8.25. The first-order valence-corrected chi connectivity index (χ1v) is 21.1. The van der Waals surface area contributed by atoms with Crippen LogP contribution >= 0.6 is 0 Å². The molecule has 1 N–H and O–H groups in total. The van der Waals surface area contributed by atoms with Gasteiger partial charge in [-0.3, -0.25) is 9.55 Å². The number of aryl methyl sites for hydroxylation is 2. The molecule has 0 aliphatic carbocycles. The molecule has 8 rings (SSSR count). The molecule has 0 aliphatic rings. The molecule has 2 heterocycles. The minimum atomic E-state index is -2.74. The number of fused-ring (bicyclic) bond motifs is 1. The average Bonchev–Trinajstić information content (AvgIpc) is 3.64. The van der Waals surface area contributed by atoms with Crippen molar-refractivity contribution < 1.29 is 13.3 Å². The molecular formula is C57H59N3O. The summed E-state index contributed by atoms with van der Waals surface area (Å²) in [5.41, 5.74) is 10.5. The Bertz CT molecular complexity index is 3160. The summed E-state index contributed by atoms with van der Waals surface area (Å²) < 4.78 is 54.4. The standard InChI is InChI=1S/C57H59N3O/c1-35-26-27-48(45(28-35)38-20-15-13-16-21-38)60-49-25-19-24-44(52(49)59-54(60)46-32-43(56(7,8)9)33-47(53(46)61)57(10,11)12)40-29-41(31-42(30-40)55(4,5)6)51-37(3)50(36(2)34-58-51)39-22-17-14-18-23-39/h13-34,61H,1-12H3/i2D3,3D3. The Balaban J connectivity index is 1.50. The first-order chi connectivity index (χ1) is 31.2. The van der Waals surface area contributed by atoms with E-state index in [9.17, 15) is 5.11 Å². The first kappa shape index (κ1) is 34.5. The van der Waals surface area contributed by atoms with Crippen LogP contribution in [0.5, 0.6) is 5.75 Å². The Kier molecular flexibility index (Phi) is 8.66. The second-order valence-electron chi connectivity index (χ2n) is 19.4. The Morgan fingerprint density at radius 2 is 1.23 bits per heavy atom. The van der Waals surface area contributed by atoms with Gasteiger partial charge in [0.15, 0.2) is 0 Å². The van der Waals surface area contributed by atoms with Crippen LogP contribution in [0.2, 0.25) is 0 Å². The van der Waals surface area contributed by atoms with E-state index in [0.29, 0.717) is 28.0 Å². The van der Waals surface area contributed by atoms with Crippen molar-refractivity contribution in [3.8, 4) is 67.5 Å². The molecule has 0 atom stereocenters. The number of rotatable bonds is 6. The number of nitrogens with zero attached hydrogens (tertiary/aromatic N) is 3. The lowest BCUT2D eigenvalue weighted by Gasteiger charge is -2.27. The first-order valence-electron chi connectivity index (χ1n) is 24.1. The van der Waals surface area contributed by atoms with Gasteiger partial charge in [-0.25, -0.2) is 4.98 Å². The molecule has 0 amide bonds. The molecule has 0 unspecified atom stereocenters. The van der Waals surface area contributed by atoms with E-state index in [4.69, 9.17) is 18.2 Å². The maximum Gasteiger partial charge on any atom is 0.149 e. The van der Waals surface area contributed by atoms with Crippen LogP contribution in [0.4, 0.5) is 0 Å². The number of pyridine rings is 1. The van der Waals surface area contributed by atoms with Gasteiger partial charge in [0.1, 0.15) is 11.6 Å². The summed E-state index contributed by atoms with van der Waals surface area (Å²) in [5, 5.41) is 12.5. The highest BCUT2D eigenvalue weighted by Crippen LogP contribution is 2.46. The van der Waals surface area contributed by atoms with Gasteiger partial charge in [0, 0.05) is 36.7 Å². The summed E-state index contributed by atoms with van der Waals surface area (Å²) >= 11 is 0. The lowest BCUT2D eigenvalue weighted by molar-refractivity contribution is 0.446. The summed E-state index contributed by atoms with van der Waals surface area (Å²) in [6.07, 6.45) is 1.31. The highest BCUT2D eigenvalue weighted by atomic mass is 16.3. The van der Waals surface area contributed by atoms with Crippen LogP contribution in [0.15, 0.2) is 134 Å². The highest BCUT2D eigenvalue weighted by Gasteiger charge is 2.30. The average molecular weight is 808 g/mol. The van der Waals surface area contributed by atoms with Crippen molar-refractivity contribution in [3.63, 3.8) is 0 Å². The van der Waals surface area contributed by atoms with Crippen LogP contribution in [-0.2, 0) is 16.2 Å². The number of phenolic OH excluding ortho intramolecular Hbond substituents is 1. The second kappa shape index (κ2) is 15.3. The van der Waals surface area contributed by atoms with E-state index in [1.807, 2.05) is 48.5 Å². The zero-order valence-electron chi connectivity index (χ0n) is 43.0. The monoisotopic (exact) mass is 808 g/mol. The molecule has 4 heteroatoms. The molecule has 0 fully saturated rings. The number of hydrogen-bond acceptors (Lipinski definition) is 3. The van der Waals surface area contributed by atoms with E-state index < -0.39 is 24.5 Å². The van der Waals surface area contributed by atoms with Gasteiger partial charge in [0.25, 0.3) is 0 Å². The molecule has 8 aromatic rings. The summed E-state index contributed by atoms with van der Waals surface area (Å²) in [5.74, 6) is 0.742. The molecule has 308 valence electrons. The van der Waals surface area contributed by atoms with Crippen LogP contribution in [0.1, 0.15) is 104 Å². The predicted octanol–water partition coefficient (Wildman–Crippen LogP) is 15.3. The molecule has 4 nitrogen and oxygen atoms in total. The highest BCUT2D eigenvalue weighted by molar-refractivity contribution is 5.98. The van der Waals surface area contributed by atoms with Crippen LogP contribution in [0, 0.1) is 20.6 Å². The number of phenols is 1. The smallest absolute Gasteiger partial charge is 0.149 e. The van der Waals surface area contributed by atoms with Crippen molar-refractivity contribution in [2.45, 2.75) is 99.2 Å². The molecule has 0 radical (unpaired) electrons. The van der Waals surface area contributed by atoms with Gasteiger partial charge < -0.3 is 5.11 Å². The van der Waals surface area contributed by atoms with Crippen LogP contribution in [-0.4, -0.2) is 19.6 Å². The number of para-hydroxylation sites is 1. The number of aromatic hydroxyl groups is 1. The quantitative estimate of drug-likeness (QED) is 0.182. The van der Waals surface area contributed by atoms with Gasteiger partial charge >= 0.3 is 0 Å². The summed E-state index contributed by atoms with van der Waals surface area (Å²) in [7, 11) is 0. The molecule has 0 saturated heterocycles. The molecule has 0 bridgehead atoms. The minimum Gasteiger partial charge on any atom is -0.507 e. The van der Waals surface area contributed by atoms with Crippen LogP contribution < -0.4 is 0 Å². The summed E-state index contributed by atoms with van der Waals surface area (Å²) in [4.78, 5) is 10.3. The zero-order valence-corrected chi connectivity index (χ0v) is 37.0. The molecular weight excluding hydrogens is 743 g/mol. The molecule has 0 spiro atoms. The summed E-state index contributed by atoms with van der Waals surface area (Å²) in [6, 6.07) is 41.9. The van der Waals surface area contributed by atoms with Gasteiger partial charge in [0.05, 0.1) is 28.0 Å². The van der Waals surface area contributed by atoms with E-state index >= 15 is 0 Å². The van der Waals surface area contributed by atoms with Crippen molar-refractivity contribution >= 4 is 11.0 Å². The van der Waals surface area contributed by atoms with Crippen molar-refractivity contribution in [2.24, 2.45) is 0 Å². The largest absolute Gasteiger partial charge is 0.507 e. The molecule has 0 saturated carbocycles. The normalized spacial score (nSPS) is 14.2. The minimum absolute atomic E-state index is 0.120. The van der Waals surface area contributed by atoms with E-state index in [1.165, 1.54) is 6.20 Å². The fraction of sp³-hybridized carbons (Fsp3) is 0.263. The Morgan fingerprint density at radius 3 is 1.87 bits per heavy atom. The van der Waals surface area contributed by atoms with E-state index in [1.54, 1.807) is 24.3 Å². The topological polar surface area (TPSA) is 50.9 Å². The van der Waals surface area contributed by atoms with Gasteiger partial charge in [-0.05, 0) is 118 Å². The molecule has 0 aliphatic heterocycles. The van der Waals surface area contributed by atoms with Crippen molar-refractivity contribution in [1.29, 1.82) is 0 Å². The predicted molar refractivity (Wildman–Crippen MR) is 258 cm³/mol. The number of aromatic nitrogens is 3. The van der Waals surface area contributed by atoms with Gasteiger partial charge in [-0.2, -0.15) is 0 Å². The number of imidazole rings is 1. The second-order valence-corrected chi connectivity index (χ2v) is 19.4. The van der Waals surface area contributed by atoms with E-state index in [2.05, 4.69) is 128 Å². The molecule has 61 heavy (non-hydrogen) atoms. The summed E-state index contributed by atoms with van der Waals surface area (Å²) in [6.45, 7) is 15.9. The molecule has 6 aromatic carbocycles. The van der Waals surface area contributed by atoms with E-state index in [-0.39, 0.29) is 33.5 Å². The van der Waals surface area contributed by atoms with Crippen molar-refractivity contribution in [1.82, 2.24) is 14.5 Å². The third kappa shape index (κ3) is 7.81. The fourth-order valence-electron chi connectivity index (χ4n) is 8.25. The van der Waals surface area contributed by atoms with Crippen molar-refractivity contribution in [3.05, 3.63) is 167 Å². The lowest BCUT2D eigenvalue weighted by atomic mass is 9.79. The van der Waals surface area contributed by atoms with Crippen LogP contribution in [0.25, 0.3) is 72.7 Å². The third-order valence-corrected chi connectivity index (χ3v) is 11.7. The lowest BCUT2D eigenvalue weighted by Crippen LogP contribution is -2.17. The van der Waals surface area contributed by atoms with Crippen molar-refractivity contribution in [2.75, 3.05) is 0 Å². The van der Waals surface area contributed by atoms with Gasteiger partial charge in [0.2, 0.25) is 0 Å². The Hall–Kier alpha value is -6.26. The number of benzene rings is 6. The van der Waals surface area contributed by atoms with Gasteiger partial charge in [-0.1, -0.05) is 159 Å². The maximum absolute atomic E-state index is 12.5. The van der Waals surface area contributed by atoms with Gasteiger partial charge in [-0.15, -0.1) is 0 Å². The number of hydrogen-bond donors (Lipinski definition) is 1. The maximum atomic E-state index is 12.5. The Labute approximate surface area is 371 Å².